The van der Waals surface area contributed by atoms with E-state index in [1.54, 1.807) is 13.0 Å². The summed E-state index contributed by atoms with van der Waals surface area (Å²) in [5, 5.41) is 19.9. The fourth-order valence-electron chi connectivity index (χ4n) is 4.15. The van der Waals surface area contributed by atoms with Gasteiger partial charge in [0.1, 0.15) is 0 Å². The van der Waals surface area contributed by atoms with E-state index in [0.717, 1.165) is 44.3 Å². The summed E-state index contributed by atoms with van der Waals surface area (Å²) in [4.78, 5) is 37.1. The zero-order valence-electron chi connectivity index (χ0n) is 17.5. The van der Waals surface area contributed by atoms with Crippen LogP contribution in [0, 0.1) is 17.0 Å². The van der Waals surface area contributed by atoms with Crippen LogP contribution in [0.1, 0.15) is 50.5 Å². The van der Waals surface area contributed by atoms with Crippen LogP contribution in [-0.2, 0) is 4.79 Å². The molecule has 1 saturated heterocycles. The Morgan fingerprint density at radius 1 is 1.07 bits per heavy atom. The number of anilines is 1. The number of likely N-dealkylation sites (tertiary alicyclic amines) is 1. The smallest absolute Gasteiger partial charge is 0.315 e. The Hall–Kier alpha value is -2.68. The number of non-ortho nitro benzene ring substituents is 1. The number of carbonyl (C=O) groups is 2. The summed E-state index contributed by atoms with van der Waals surface area (Å²) in [5.74, 6) is -0.194. The third-order valence-electron chi connectivity index (χ3n) is 5.94. The fourth-order valence-corrected chi connectivity index (χ4v) is 4.15. The number of carbonyl (C=O) groups excluding carboxylic acids is 2. The number of hydrogen-bond acceptors (Lipinski definition) is 5. The number of urea groups is 1. The van der Waals surface area contributed by atoms with Gasteiger partial charge in [0.25, 0.3) is 5.69 Å². The Morgan fingerprint density at radius 2 is 1.70 bits per heavy atom. The molecule has 1 heterocycles. The molecule has 1 aliphatic heterocycles. The number of benzene rings is 1. The number of nitrogens with zero attached hydrogens (tertiary/aromatic N) is 2. The first-order valence-corrected chi connectivity index (χ1v) is 10.7. The highest BCUT2D eigenvalue weighted by Gasteiger charge is 2.23. The molecule has 164 valence electrons. The zero-order valence-corrected chi connectivity index (χ0v) is 17.5. The van der Waals surface area contributed by atoms with Crippen molar-refractivity contribution in [1.82, 2.24) is 15.5 Å². The molecule has 0 unspecified atom stereocenters. The lowest BCUT2D eigenvalue weighted by Gasteiger charge is -2.32. The van der Waals surface area contributed by atoms with Gasteiger partial charge in [0.2, 0.25) is 5.91 Å². The third-order valence-corrected chi connectivity index (χ3v) is 5.94. The van der Waals surface area contributed by atoms with Gasteiger partial charge in [-0.15, -0.1) is 0 Å². The van der Waals surface area contributed by atoms with Crippen LogP contribution >= 0.6 is 0 Å². The van der Waals surface area contributed by atoms with Gasteiger partial charge in [-0.2, -0.15) is 0 Å². The molecule has 9 nitrogen and oxygen atoms in total. The van der Waals surface area contributed by atoms with Gasteiger partial charge in [-0.25, -0.2) is 4.79 Å². The largest absolute Gasteiger partial charge is 0.335 e. The van der Waals surface area contributed by atoms with Gasteiger partial charge in [0, 0.05) is 37.3 Å². The van der Waals surface area contributed by atoms with Gasteiger partial charge >= 0.3 is 6.03 Å². The van der Waals surface area contributed by atoms with Crippen molar-refractivity contribution in [2.75, 3.05) is 25.0 Å². The average molecular weight is 418 g/mol. The van der Waals surface area contributed by atoms with Gasteiger partial charge in [-0.1, -0.05) is 25.3 Å². The van der Waals surface area contributed by atoms with Crippen LogP contribution in [0.5, 0.6) is 0 Å². The second kappa shape index (κ2) is 10.4. The van der Waals surface area contributed by atoms with Crippen molar-refractivity contribution in [3.63, 3.8) is 0 Å². The van der Waals surface area contributed by atoms with Crippen molar-refractivity contribution in [3.05, 3.63) is 33.9 Å². The molecule has 0 bridgehead atoms. The molecule has 3 rings (SSSR count). The number of aryl methyl sites for hydroxylation is 1. The maximum Gasteiger partial charge on any atom is 0.315 e. The summed E-state index contributed by atoms with van der Waals surface area (Å²) in [6.07, 6.45) is 7.33. The van der Waals surface area contributed by atoms with Crippen LogP contribution in [-0.4, -0.2) is 53.5 Å². The zero-order chi connectivity index (χ0) is 21.5. The molecule has 0 atom stereocenters. The number of nitro groups is 1. The first-order chi connectivity index (χ1) is 14.4. The normalized spacial score (nSPS) is 18.6. The highest BCUT2D eigenvalue weighted by atomic mass is 16.6. The van der Waals surface area contributed by atoms with Gasteiger partial charge in [0.15, 0.2) is 0 Å². The number of amides is 3. The standard InChI is InChI=1S/C21H31N5O4/c1-15-7-8-18(26(29)30)13-19(15)24-20(27)14-25-11-9-17(10-12-25)23-21(28)22-16-5-3-2-4-6-16/h7-8,13,16-17H,2-6,9-12,14H2,1H3,(H,24,27)(H2,22,23,28). The van der Waals surface area contributed by atoms with Crippen LogP contribution in [0.2, 0.25) is 0 Å². The molecule has 1 aliphatic carbocycles. The Labute approximate surface area is 176 Å². The molecule has 9 heteroatoms. The SMILES string of the molecule is Cc1ccc([N+](=O)[O-])cc1NC(=O)CN1CCC(NC(=O)NC2CCCCC2)CC1. The monoisotopic (exact) mass is 417 g/mol. The fraction of sp³-hybridized carbons (Fsp3) is 0.619. The Bertz CT molecular complexity index is 771. The number of hydrogen-bond donors (Lipinski definition) is 3. The van der Waals surface area contributed by atoms with E-state index in [-0.39, 0.29) is 30.2 Å². The summed E-state index contributed by atoms with van der Waals surface area (Å²) in [7, 11) is 0. The summed E-state index contributed by atoms with van der Waals surface area (Å²) in [6.45, 7) is 3.46. The lowest BCUT2D eigenvalue weighted by atomic mass is 9.96. The van der Waals surface area contributed by atoms with Crippen molar-refractivity contribution < 1.29 is 14.5 Å². The van der Waals surface area contributed by atoms with Crippen LogP contribution in [0.15, 0.2) is 18.2 Å². The molecular weight excluding hydrogens is 386 g/mol. The van der Waals surface area contributed by atoms with Gasteiger partial charge in [-0.05, 0) is 38.2 Å². The van der Waals surface area contributed by atoms with E-state index in [1.807, 2.05) is 4.90 Å². The summed E-state index contributed by atoms with van der Waals surface area (Å²) in [6, 6.07) is 4.76. The molecule has 30 heavy (non-hydrogen) atoms. The van der Waals surface area contributed by atoms with Crippen molar-refractivity contribution in [1.29, 1.82) is 0 Å². The summed E-state index contributed by atoms with van der Waals surface area (Å²) >= 11 is 0. The van der Waals surface area contributed by atoms with Crippen molar-refractivity contribution in [2.24, 2.45) is 0 Å². The molecule has 1 aromatic carbocycles. The Balaban J connectivity index is 1.40. The van der Waals surface area contributed by atoms with E-state index in [4.69, 9.17) is 0 Å². The molecule has 0 aromatic heterocycles. The molecule has 0 spiro atoms. The highest BCUT2D eigenvalue weighted by molar-refractivity contribution is 5.93. The van der Waals surface area contributed by atoms with E-state index in [1.165, 1.54) is 31.4 Å². The quantitative estimate of drug-likeness (QED) is 0.486. The van der Waals surface area contributed by atoms with Gasteiger partial charge < -0.3 is 16.0 Å². The second-order valence-electron chi connectivity index (χ2n) is 8.31. The van der Waals surface area contributed by atoms with Crippen molar-refractivity contribution >= 4 is 23.3 Å². The number of nitro benzene ring substituents is 1. The molecule has 3 N–H and O–H groups in total. The molecule has 1 aromatic rings. The Kier molecular flexibility index (Phi) is 7.62. The molecule has 2 aliphatic rings. The molecular formula is C21H31N5O4. The van der Waals surface area contributed by atoms with Crippen molar-refractivity contribution in [2.45, 2.75) is 64.0 Å². The van der Waals surface area contributed by atoms with E-state index in [2.05, 4.69) is 16.0 Å². The third kappa shape index (κ3) is 6.41. The molecule has 3 amide bonds. The summed E-state index contributed by atoms with van der Waals surface area (Å²) in [5.41, 5.74) is 1.19. The number of rotatable bonds is 6. The van der Waals surface area contributed by atoms with Crippen LogP contribution in [0.4, 0.5) is 16.2 Å². The van der Waals surface area contributed by atoms with Crippen LogP contribution < -0.4 is 16.0 Å². The van der Waals surface area contributed by atoms with E-state index < -0.39 is 4.92 Å². The van der Waals surface area contributed by atoms with Gasteiger partial charge in [-0.3, -0.25) is 19.8 Å². The molecule has 2 fully saturated rings. The van der Waals surface area contributed by atoms with Crippen LogP contribution in [0.25, 0.3) is 0 Å². The topological polar surface area (TPSA) is 117 Å². The minimum absolute atomic E-state index is 0.0470. The number of nitrogens with one attached hydrogen (secondary N) is 3. The maximum absolute atomic E-state index is 12.4. The molecule has 0 radical (unpaired) electrons. The number of piperidine rings is 1. The average Bonchev–Trinajstić information content (AvgIpc) is 2.71. The highest BCUT2D eigenvalue weighted by Crippen LogP contribution is 2.22. The first-order valence-electron chi connectivity index (χ1n) is 10.7. The lowest BCUT2D eigenvalue weighted by molar-refractivity contribution is -0.384. The van der Waals surface area contributed by atoms with E-state index in [9.17, 15) is 19.7 Å². The predicted octanol–water partition coefficient (Wildman–Crippen LogP) is 2.94. The lowest BCUT2D eigenvalue weighted by Crippen LogP contribution is -2.51. The van der Waals surface area contributed by atoms with E-state index >= 15 is 0 Å². The second-order valence-corrected chi connectivity index (χ2v) is 8.31. The van der Waals surface area contributed by atoms with Crippen molar-refractivity contribution in [3.8, 4) is 0 Å². The predicted molar refractivity (Wildman–Crippen MR) is 114 cm³/mol. The maximum atomic E-state index is 12.4. The molecule has 1 saturated carbocycles. The van der Waals surface area contributed by atoms with Gasteiger partial charge in [0.05, 0.1) is 17.2 Å². The Morgan fingerprint density at radius 3 is 2.33 bits per heavy atom. The minimum atomic E-state index is -0.475. The minimum Gasteiger partial charge on any atom is -0.335 e. The van der Waals surface area contributed by atoms with Crippen LogP contribution in [0.3, 0.4) is 0 Å². The van der Waals surface area contributed by atoms with E-state index in [0.29, 0.717) is 11.7 Å². The summed E-state index contributed by atoms with van der Waals surface area (Å²) < 4.78 is 0. The first kappa shape index (κ1) is 22.0.